The van der Waals surface area contributed by atoms with Gasteiger partial charge in [-0.25, -0.2) is 0 Å². The third-order valence-electron chi connectivity index (χ3n) is 3.78. The van der Waals surface area contributed by atoms with Crippen molar-refractivity contribution in [2.45, 2.75) is 26.0 Å². The van der Waals surface area contributed by atoms with Gasteiger partial charge in [0, 0.05) is 19.6 Å². The monoisotopic (exact) mass is 255 g/mol. The molecule has 100 valence electrons. The minimum Gasteiger partial charge on any atom is -0.373 e. The van der Waals surface area contributed by atoms with Gasteiger partial charge in [-0.05, 0) is 30.2 Å². The second-order valence-electron chi connectivity index (χ2n) is 5.96. The van der Waals surface area contributed by atoms with Crippen LogP contribution in [0.15, 0.2) is 42.5 Å². The quantitative estimate of drug-likeness (QED) is 0.815. The van der Waals surface area contributed by atoms with Crippen LogP contribution >= 0.6 is 0 Å². The predicted molar refractivity (Wildman–Crippen MR) is 79.3 cm³/mol. The Bertz CT molecular complexity index is 571. The van der Waals surface area contributed by atoms with Crippen LogP contribution in [0.2, 0.25) is 0 Å². The van der Waals surface area contributed by atoms with Gasteiger partial charge in [-0.1, -0.05) is 42.5 Å². The molecule has 2 heteroatoms. The summed E-state index contributed by atoms with van der Waals surface area (Å²) in [6, 6.07) is 15.2. The molecule has 1 heterocycles. The highest BCUT2D eigenvalue weighted by atomic mass is 16.5. The third-order valence-corrected chi connectivity index (χ3v) is 3.78. The Hall–Kier alpha value is -1.38. The summed E-state index contributed by atoms with van der Waals surface area (Å²) in [5, 5.41) is 2.70. The number of benzene rings is 2. The van der Waals surface area contributed by atoms with Crippen molar-refractivity contribution in [2.75, 3.05) is 19.7 Å². The lowest BCUT2D eigenvalue weighted by molar-refractivity contribution is -0.0881. The van der Waals surface area contributed by atoms with E-state index in [0.717, 1.165) is 26.2 Å². The van der Waals surface area contributed by atoms with Gasteiger partial charge in [0.15, 0.2) is 0 Å². The SMILES string of the molecule is CC1(C)CN(Cc2cccc3ccccc23)CCO1. The van der Waals surface area contributed by atoms with Gasteiger partial charge in [-0.15, -0.1) is 0 Å². The lowest BCUT2D eigenvalue weighted by Gasteiger charge is -2.38. The molecule has 1 fully saturated rings. The van der Waals surface area contributed by atoms with Gasteiger partial charge in [-0.3, -0.25) is 4.90 Å². The summed E-state index contributed by atoms with van der Waals surface area (Å²) in [4.78, 5) is 2.49. The zero-order valence-electron chi connectivity index (χ0n) is 11.7. The molecular formula is C17H21NO. The van der Waals surface area contributed by atoms with E-state index in [9.17, 15) is 0 Å². The highest BCUT2D eigenvalue weighted by Crippen LogP contribution is 2.23. The van der Waals surface area contributed by atoms with E-state index in [-0.39, 0.29) is 5.60 Å². The summed E-state index contributed by atoms with van der Waals surface area (Å²) in [5.74, 6) is 0. The van der Waals surface area contributed by atoms with Crippen LogP contribution in [0.5, 0.6) is 0 Å². The summed E-state index contributed by atoms with van der Waals surface area (Å²) < 4.78 is 5.78. The van der Waals surface area contributed by atoms with Crippen LogP contribution in [0.3, 0.4) is 0 Å². The Morgan fingerprint density at radius 2 is 1.89 bits per heavy atom. The summed E-state index contributed by atoms with van der Waals surface area (Å²) >= 11 is 0. The van der Waals surface area contributed by atoms with E-state index in [1.165, 1.54) is 16.3 Å². The first-order valence-electron chi connectivity index (χ1n) is 6.97. The molecule has 0 bridgehead atoms. The molecule has 1 aliphatic heterocycles. The number of hydrogen-bond donors (Lipinski definition) is 0. The molecule has 0 N–H and O–H groups in total. The van der Waals surface area contributed by atoms with Crippen LogP contribution in [-0.4, -0.2) is 30.2 Å². The Labute approximate surface area is 115 Å². The molecule has 2 aromatic carbocycles. The van der Waals surface area contributed by atoms with Crippen molar-refractivity contribution in [2.24, 2.45) is 0 Å². The first-order valence-corrected chi connectivity index (χ1v) is 6.97. The van der Waals surface area contributed by atoms with Gasteiger partial charge in [0.1, 0.15) is 0 Å². The molecule has 0 saturated carbocycles. The Morgan fingerprint density at radius 1 is 1.11 bits per heavy atom. The minimum absolute atomic E-state index is 0.0250. The Balaban J connectivity index is 1.85. The highest BCUT2D eigenvalue weighted by Gasteiger charge is 2.27. The van der Waals surface area contributed by atoms with E-state index in [4.69, 9.17) is 4.74 Å². The number of morpholine rings is 1. The Morgan fingerprint density at radius 3 is 2.74 bits per heavy atom. The fourth-order valence-corrected chi connectivity index (χ4v) is 2.92. The summed E-state index contributed by atoms with van der Waals surface area (Å²) in [5.41, 5.74) is 1.39. The van der Waals surface area contributed by atoms with Crippen molar-refractivity contribution in [3.05, 3.63) is 48.0 Å². The maximum Gasteiger partial charge on any atom is 0.0753 e. The minimum atomic E-state index is -0.0250. The lowest BCUT2D eigenvalue weighted by Crippen LogP contribution is -2.47. The average Bonchev–Trinajstić information content (AvgIpc) is 2.38. The van der Waals surface area contributed by atoms with Crippen molar-refractivity contribution < 1.29 is 4.74 Å². The molecule has 0 unspecified atom stereocenters. The number of nitrogens with zero attached hydrogens (tertiary/aromatic N) is 1. The van der Waals surface area contributed by atoms with Crippen LogP contribution in [-0.2, 0) is 11.3 Å². The fraction of sp³-hybridized carbons (Fsp3) is 0.412. The van der Waals surface area contributed by atoms with Gasteiger partial charge in [0.25, 0.3) is 0 Å². The van der Waals surface area contributed by atoms with Crippen LogP contribution in [0.25, 0.3) is 10.8 Å². The first kappa shape index (κ1) is 12.6. The molecule has 0 aromatic heterocycles. The van der Waals surface area contributed by atoms with Gasteiger partial charge >= 0.3 is 0 Å². The summed E-state index contributed by atoms with van der Waals surface area (Å²) in [7, 11) is 0. The smallest absolute Gasteiger partial charge is 0.0753 e. The molecular weight excluding hydrogens is 234 g/mol. The molecule has 0 spiro atoms. The van der Waals surface area contributed by atoms with Crippen LogP contribution < -0.4 is 0 Å². The molecule has 0 atom stereocenters. The number of fused-ring (bicyclic) bond motifs is 1. The van der Waals surface area contributed by atoms with E-state index in [0.29, 0.717) is 0 Å². The second kappa shape index (κ2) is 4.95. The van der Waals surface area contributed by atoms with Crippen LogP contribution in [0, 0.1) is 0 Å². The molecule has 3 rings (SSSR count). The lowest BCUT2D eigenvalue weighted by atomic mass is 10.0. The standard InChI is InChI=1S/C17H21NO/c1-17(2)13-18(10-11-19-17)12-15-8-5-7-14-6-3-4-9-16(14)15/h3-9H,10-13H2,1-2H3. The van der Waals surface area contributed by atoms with Crippen molar-refractivity contribution in [3.63, 3.8) is 0 Å². The first-order chi connectivity index (χ1) is 9.14. The van der Waals surface area contributed by atoms with Gasteiger partial charge in [-0.2, -0.15) is 0 Å². The molecule has 0 amide bonds. The van der Waals surface area contributed by atoms with E-state index in [2.05, 4.69) is 61.2 Å². The molecule has 0 radical (unpaired) electrons. The molecule has 0 aliphatic carbocycles. The number of rotatable bonds is 2. The maximum absolute atomic E-state index is 5.78. The zero-order valence-corrected chi connectivity index (χ0v) is 11.7. The number of hydrogen-bond acceptors (Lipinski definition) is 2. The topological polar surface area (TPSA) is 12.5 Å². The third kappa shape index (κ3) is 2.80. The summed E-state index contributed by atoms with van der Waals surface area (Å²) in [6.45, 7) is 8.19. The highest BCUT2D eigenvalue weighted by molar-refractivity contribution is 5.85. The number of ether oxygens (including phenoxy) is 1. The van der Waals surface area contributed by atoms with Gasteiger partial charge in [0.2, 0.25) is 0 Å². The van der Waals surface area contributed by atoms with Gasteiger partial charge < -0.3 is 4.74 Å². The zero-order chi connectivity index (χ0) is 13.3. The van der Waals surface area contributed by atoms with Crippen molar-refractivity contribution in [1.82, 2.24) is 4.90 Å². The maximum atomic E-state index is 5.78. The largest absolute Gasteiger partial charge is 0.373 e. The molecule has 1 saturated heterocycles. The van der Waals surface area contributed by atoms with Crippen molar-refractivity contribution >= 4 is 10.8 Å². The van der Waals surface area contributed by atoms with Gasteiger partial charge in [0.05, 0.1) is 12.2 Å². The van der Waals surface area contributed by atoms with E-state index in [1.54, 1.807) is 0 Å². The second-order valence-corrected chi connectivity index (χ2v) is 5.96. The Kier molecular flexibility index (Phi) is 3.29. The van der Waals surface area contributed by atoms with Crippen molar-refractivity contribution in [3.8, 4) is 0 Å². The normalized spacial score (nSPS) is 19.7. The molecule has 2 nitrogen and oxygen atoms in total. The van der Waals surface area contributed by atoms with Crippen LogP contribution in [0.1, 0.15) is 19.4 Å². The van der Waals surface area contributed by atoms with Crippen molar-refractivity contribution in [1.29, 1.82) is 0 Å². The van der Waals surface area contributed by atoms with Crippen LogP contribution in [0.4, 0.5) is 0 Å². The van der Waals surface area contributed by atoms with E-state index >= 15 is 0 Å². The molecule has 19 heavy (non-hydrogen) atoms. The van der Waals surface area contributed by atoms with E-state index in [1.807, 2.05) is 0 Å². The fourth-order valence-electron chi connectivity index (χ4n) is 2.92. The average molecular weight is 255 g/mol. The predicted octanol–water partition coefficient (Wildman–Crippen LogP) is 3.45. The van der Waals surface area contributed by atoms with E-state index < -0.39 is 0 Å². The molecule has 1 aliphatic rings. The molecule has 2 aromatic rings. The summed E-state index contributed by atoms with van der Waals surface area (Å²) in [6.07, 6.45) is 0.